The Morgan fingerprint density at radius 2 is 2.12 bits per heavy atom. The van der Waals surface area contributed by atoms with Gasteiger partial charge in [0.15, 0.2) is 5.15 Å². The van der Waals surface area contributed by atoms with Crippen LogP contribution in [-0.4, -0.2) is 16.7 Å². The summed E-state index contributed by atoms with van der Waals surface area (Å²) in [7, 11) is 0. The van der Waals surface area contributed by atoms with Crippen molar-refractivity contribution in [2.24, 2.45) is 0 Å². The average Bonchev–Trinajstić information content (AvgIpc) is 2.67. The lowest BCUT2D eigenvalue weighted by atomic mass is 10.3. The Morgan fingerprint density at radius 1 is 1.25 bits per heavy atom. The first-order valence-corrected chi connectivity index (χ1v) is 6.70. The SMILES string of the molecule is Clc1ccc(NCCc2ccc(Br)s2)nn1. The number of hydrogen-bond donors (Lipinski definition) is 1. The largest absolute Gasteiger partial charge is 0.368 e. The Labute approximate surface area is 111 Å². The van der Waals surface area contributed by atoms with Crippen molar-refractivity contribution in [2.45, 2.75) is 6.42 Å². The fourth-order valence-corrected chi connectivity index (χ4v) is 2.79. The molecule has 2 aromatic rings. The van der Waals surface area contributed by atoms with E-state index in [1.807, 2.05) is 6.07 Å². The van der Waals surface area contributed by atoms with Gasteiger partial charge in [-0.05, 0) is 46.6 Å². The summed E-state index contributed by atoms with van der Waals surface area (Å²) in [4.78, 5) is 1.33. The van der Waals surface area contributed by atoms with Crippen molar-refractivity contribution >= 4 is 44.7 Å². The van der Waals surface area contributed by atoms with E-state index in [9.17, 15) is 0 Å². The molecular formula is C10H9BrClN3S. The Balaban J connectivity index is 1.82. The first kappa shape index (κ1) is 11.8. The third-order valence-corrected chi connectivity index (χ3v) is 3.82. The minimum Gasteiger partial charge on any atom is -0.368 e. The van der Waals surface area contributed by atoms with Crippen LogP contribution in [-0.2, 0) is 6.42 Å². The topological polar surface area (TPSA) is 37.8 Å². The number of aromatic nitrogens is 2. The number of halogens is 2. The minimum absolute atomic E-state index is 0.410. The monoisotopic (exact) mass is 317 g/mol. The minimum atomic E-state index is 0.410. The highest BCUT2D eigenvalue weighted by Gasteiger charge is 1.98. The fraction of sp³-hybridized carbons (Fsp3) is 0.200. The average molecular weight is 319 g/mol. The second kappa shape index (κ2) is 5.61. The lowest BCUT2D eigenvalue weighted by Crippen LogP contribution is -2.05. The Bertz CT molecular complexity index is 457. The van der Waals surface area contributed by atoms with Crippen molar-refractivity contribution in [2.75, 3.05) is 11.9 Å². The van der Waals surface area contributed by atoms with E-state index in [0.717, 1.165) is 22.6 Å². The highest BCUT2D eigenvalue weighted by molar-refractivity contribution is 9.11. The molecule has 0 fully saturated rings. The van der Waals surface area contributed by atoms with E-state index in [0.29, 0.717) is 5.15 Å². The summed E-state index contributed by atoms with van der Waals surface area (Å²) in [6, 6.07) is 7.71. The molecule has 2 rings (SSSR count). The van der Waals surface area contributed by atoms with Crippen molar-refractivity contribution in [3.8, 4) is 0 Å². The molecule has 2 aromatic heterocycles. The third kappa shape index (κ3) is 3.43. The number of anilines is 1. The second-order valence-corrected chi connectivity index (χ2v) is 6.06. The van der Waals surface area contributed by atoms with Gasteiger partial charge in [0.25, 0.3) is 0 Å². The van der Waals surface area contributed by atoms with Crippen molar-refractivity contribution < 1.29 is 0 Å². The van der Waals surface area contributed by atoms with Crippen molar-refractivity contribution in [3.05, 3.63) is 38.1 Å². The summed E-state index contributed by atoms with van der Waals surface area (Å²) in [5, 5.41) is 11.3. The quantitative estimate of drug-likeness (QED) is 0.936. The summed E-state index contributed by atoms with van der Waals surface area (Å²) >= 11 is 10.8. The maximum absolute atomic E-state index is 5.64. The van der Waals surface area contributed by atoms with Gasteiger partial charge >= 0.3 is 0 Å². The van der Waals surface area contributed by atoms with Crippen LogP contribution in [0, 0.1) is 0 Å². The van der Waals surface area contributed by atoms with Crippen molar-refractivity contribution in [1.82, 2.24) is 10.2 Å². The summed E-state index contributed by atoms with van der Waals surface area (Å²) in [5.41, 5.74) is 0. The molecule has 0 radical (unpaired) electrons. The van der Waals surface area contributed by atoms with Crippen molar-refractivity contribution in [3.63, 3.8) is 0 Å². The molecule has 0 atom stereocenters. The van der Waals surface area contributed by atoms with Gasteiger partial charge in [0.1, 0.15) is 5.82 Å². The van der Waals surface area contributed by atoms with Crippen molar-refractivity contribution in [1.29, 1.82) is 0 Å². The van der Waals surface area contributed by atoms with Gasteiger partial charge < -0.3 is 5.32 Å². The molecule has 0 amide bonds. The lowest BCUT2D eigenvalue weighted by molar-refractivity contribution is 0.977. The molecule has 16 heavy (non-hydrogen) atoms. The van der Waals surface area contributed by atoms with Gasteiger partial charge in [-0.1, -0.05) is 11.6 Å². The van der Waals surface area contributed by atoms with Gasteiger partial charge in [0.05, 0.1) is 3.79 Å². The smallest absolute Gasteiger partial charge is 0.151 e. The molecule has 0 aliphatic carbocycles. The molecule has 0 saturated carbocycles. The summed E-state index contributed by atoms with van der Waals surface area (Å²) < 4.78 is 1.16. The Hall–Kier alpha value is -0.650. The zero-order valence-electron chi connectivity index (χ0n) is 8.28. The zero-order valence-corrected chi connectivity index (χ0v) is 11.4. The van der Waals surface area contributed by atoms with Crippen LogP contribution in [0.4, 0.5) is 5.82 Å². The fourth-order valence-electron chi connectivity index (χ4n) is 1.21. The van der Waals surface area contributed by atoms with E-state index < -0.39 is 0 Å². The van der Waals surface area contributed by atoms with Crippen LogP contribution in [0.3, 0.4) is 0 Å². The molecule has 0 saturated heterocycles. The summed E-state index contributed by atoms with van der Waals surface area (Å²) in [5.74, 6) is 0.750. The first-order valence-electron chi connectivity index (χ1n) is 4.71. The predicted molar refractivity (Wildman–Crippen MR) is 71.3 cm³/mol. The number of nitrogens with zero attached hydrogens (tertiary/aromatic N) is 2. The predicted octanol–water partition coefficient (Wildman–Crippen LogP) is 3.61. The van der Waals surface area contributed by atoms with Crippen LogP contribution in [0.5, 0.6) is 0 Å². The summed E-state index contributed by atoms with van der Waals surface area (Å²) in [6.07, 6.45) is 0.973. The zero-order chi connectivity index (χ0) is 11.4. The van der Waals surface area contributed by atoms with Crippen LogP contribution in [0.25, 0.3) is 0 Å². The molecule has 0 aromatic carbocycles. The second-order valence-electron chi connectivity index (χ2n) is 3.12. The maximum atomic E-state index is 5.64. The van der Waals surface area contributed by atoms with E-state index >= 15 is 0 Å². The first-order chi connectivity index (χ1) is 7.74. The molecule has 0 aliphatic rings. The maximum Gasteiger partial charge on any atom is 0.151 e. The molecule has 2 heterocycles. The van der Waals surface area contributed by atoms with Gasteiger partial charge in [-0.2, -0.15) is 0 Å². The van der Waals surface area contributed by atoms with Gasteiger partial charge in [-0.15, -0.1) is 21.5 Å². The van der Waals surface area contributed by atoms with Crippen LogP contribution in [0.1, 0.15) is 4.88 Å². The highest BCUT2D eigenvalue weighted by Crippen LogP contribution is 2.22. The molecule has 1 N–H and O–H groups in total. The molecular weight excluding hydrogens is 310 g/mol. The molecule has 0 aliphatic heterocycles. The molecule has 0 unspecified atom stereocenters. The van der Waals surface area contributed by atoms with E-state index in [-0.39, 0.29) is 0 Å². The molecule has 6 heteroatoms. The van der Waals surface area contributed by atoms with E-state index in [4.69, 9.17) is 11.6 Å². The standard InChI is InChI=1S/C10H9BrClN3S/c11-8-2-1-7(16-8)5-6-13-10-4-3-9(12)14-15-10/h1-4H,5-6H2,(H,13,15). The molecule has 3 nitrogen and oxygen atoms in total. The third-order valence-electron chi connectivity index (χ3n) is 1.94. The molecule has 84 valence electrons. The van der Waals surface area contributed by atoms with Gasteiger partial charge in [0, 0.05) is 11.4 Å². The van der Waals surface area contributed by atoms with Gasteiger partial charge in [0.2, 0.25) is 0 Å². The van der Waals surface area contributed by atoms with Gasteiger partial charge in [-0.25, -0.2) is 0 Å². The van der Waals surface area contributed by atoms with Crippen LogP contribution in [0.15, 0.2) is 28.1 Å². The number of thiophene rings is 1. The van der Waals surface area contributed by atoms with Crippen LogP contribution in [0.2, 0.25) is 5.15 Å². The normalized spacial score (nSPS) is 10.4. The molecule has 0 bridgehead atoms. The number of hydrogen-bond acceptors (Lipinski definition) is 4. The lowest BCUT2D eigenvalue weighted by Gasteiger charge is -2.02. The van der Waals surface area contributed by atoms with Gasteiger partial charge in [-0.3, -0.25) is 0 Å². The Morgan fingerprint density at radius 3 is 2.75 bits per heavy atom. The number of rotatable bonds is 4. The highest BCUT2D eigenvalue weighted by atomic mass is 79.9. The summed E-state index contributed by atoms with van der Waals surface area (Å²) in [6.45, 7) is 0.837. The van der Waals surface area contributed by atoms with Crippen LogP contribution < -0.4 is 5.32 Å². The van der Waals surface area contributed by atoms with Crippen LogP contribution >= 0.6 is 38.9 Å². The van der Waals surface area contributed by atoms with E-state index in [2.05, 4.69) is 43.6 Å². The number of nitrogens with one attached hydrogen (secondary N) is 1. The molecule has 0 spiro atoms. The Kier molecular flexibility index (Phi) is 4.15. The van der Waals surface area contributed by atoms with E-state index in [1.165, 1.54) is 4.88 Å². The van der Waals surface area contributed by atoms with E-state index in [1.54, 1.807) is 17.4 Å².